The molecular formula is C11H15ClO7. The van der Waals surface area contributed by atoms with Crippen molar-refractivity contribution in [1.82, 2.24) is 0 Å². The largest absolute Gasteiger partial charge is 0.463 e. The summed E-state index contributed by atoms with van der Waals surface area (Å²) in [5.41, 5.74) is 0. The normalized spacial score (nSPS) is 29.7. The molecule has 7 nitrogen and oxygen atoms in total. The van der Waals surface area contributed by atoms with Crippen LogP contribution in [0.15, 0.2) is 0 Å². The fraction of sp³-hybridized carbons (Fsp3) is 0.727. The summed E-state index contributed by atoms with van der Waals surface area (Å²) in [4.78, 5) is 32.7. The van der Waals surface area contributed by atoms with Crippen LogP contribution in [-0.2, 0) is 33.3 Å². The van der Waals surface area contributed by atoms with Gasteiger partial charge in [-0.25, -0.2) is 0 Å². The van der Waals surface area contributed by atoms with Crippen LogP contribution in [0.5, 0.6) is 0 Å². The minimum absolute atomic E-state index is 0.145. The quantitative estimate of drug-likeness (QED) is 0.420. The standard InChI is InChI=1S/C11H15ClO7/c1-5(13)16-4-8-10(17-6(2)14)9(12)11(19-8)18-7(3)15/h8-11H,4H2,1-3H3/t8-,9+,10-,11+/m1/s1. The van der Waals surface area contributed by atoms with Gasteiger partial charge >= 0.3 is 17.9 Å². The lowest BCUT2D eigenvalue weighted by atomic mass is 10.2. The maximum atomic E-state index is 11.0. The van der Waals surface area contributed by atoms with Crippen LogP contribution in [0.3, 0.4) is 0 Å². The Bertz CT molecular complexity index is 370. The van der Waals surface area contributed by atoms with Crippen LogP contribution in [0.2, 0.25) is 0 Å². The van der Waals surface area contributed by atoms with Gasteiger partial charge < -0.3 is 18.9 Å². The highest BCUT2D eigenvalue weighted by molar-refractivity contribution is 6.21. The Morgan fingerprint density at radius 1 is 1.05 bits per heavy atom. The van der Waals surface area contributed by atoms with Gasteiger partial charge in [0.1, 0.15) is 18.1 Å². The van der Waals surface area contributed by atoms with Crippen LogP contribution < -0.4 is 0 Å². The number of carbonyl (C=O) groups is 3. The molecule has 1 saturated heterocycles. The second-order valence-electron chi connectivity index (χ2n) is 3.97. The molecule has 0 aromatic heterocycles. The number of ether oxygens (including phenoxy) is 4. The average Bonchev–Trinajstić information content (AvgIpc) is 2.53. The van der Waals surface area contributed by atoms with Crippen LogP contribution >= 0.6 is 11.6 Å². The van der Waals surface area contributed by atoms with Crippen LogP contribution in [0.1, 0.15) is 20.8 Å². The van der Waals surface area contributed by atoms with Crippen molar-refractivity contribution >= 4 is 29.5 Å². The van der Waals surface area contributed by atoms with Gasteiger partial charge in [-0.05, 0) is 0 Å². The van der Waals surface area contributed by atoms with Crippen LogP contribution in [0.25, 0.3) is 0 Å². The lowest BCUT2D eigenvalue weighted by molar-refractivity contribution is -0.179. The summed E-state index contributed by atoms with van der Waals surface area (Å²) in [5, 5.41) is -0.867. The summed E-state index contributed by atoms with van der Waals surface area (Å²) in [7, 11) is 0. The maximum Gasteiger partial charge on any atom is 0.304 e. The molecule has 0 unspecified atom stereocenters. The van der Waals surface area contributed by atoms with Crippen LogP contribution in [-0.4, -0.2) is 48.4 Å². The zero-order valence-electron chi connectivity index (χ0n) is 10.8. The van der Waals surface area contributed by atoms with E-state index in [9.17, 15) is 14.4 Å². The molecule has 0 bridgehead atoms. The summed E-state index contributed by atoms with van der Waals surface area (Å²) in [6.45, 7) is 3.50. The number of alkyl halides is 1. The predicted molar refractivity (Wildman–Crippen MR) is 62.3 cm³/mol. The molecule has 0 aliphatic carbocycles. The third-order valence-electron chi connectivity index (χ3n) is 2.28. The van der Waals surface area contributed by atoms with E-state index in [2.05, 4.69) is 0 Å². The molecule has 1 aliphatic rings. The van der Waals surface area contributed by atoms with Crippen molar-refractivity contribution in [3.05, 3.63) is 0 Å². The Kier molecular flexibility index (Phi) is 5.56. The van der Waals surface area contributed by atoms with E-state index in [4.69, 9.17) is 30.5 Å². The number of esters is 3. The van der Waals surface area contributed by atoms with E-state index in [1.165, 1.54) is 20.8 Å². The molecule has 1 rings (SSSR count). The second kappa shape index (κ2) is 6.72. The van der Waals surface area contributed by atoms with Gasteiger partial charge in [0.25, 0.3) is 0 Å². The summed E-state index contributed by atoms with van der Waals surface area (Å²) in [5.74, 6) is -1.65. The van der Waals surface area contributed by atoms with Gasteiger partial charge in [0, 0.05) is 20.8 Å². The molecule has 0 aromatic rings. The van der Waals surface area contributed by atoms with Gasteiger partial charge in [0.15, 0.2) is 6.10 Å². The lowest BCUT2D eigenvalue weighted by Crippen LogP contribution is -2.36. The minimum Gasteiger partial charge on any atom is -0.463 e. The van der Waals surface area contributed by atoms with Crippen molar-refractivity contribution in [3.8, 4) is 0 Å². The van der Waals surface area contributed by atoms with Gasteiger partial charge in [-0.2, -0.15) is 0 Å². The highest BCUT2D eigenvalue weighted by Crippen LogP contribution is 2.29. The Morgan fingerprint density at radius 3 is 2.11 bits per heavy atom. The fourth-order valence-electron chi connectivity index (χ4n) is 1.61. The summed E-state index contributed by atoms with van der Waals surface area (Å²) >= 11 is 6.02. The van der Waals surface area contributed by atoms with E-state index < -0.39 is 41.8 Å². The molecular weight excluding hydrogens is 280 g/mol. The van der Waals surface area contributed by atoms with Crippen molar-refractivity contribution in [2.24, 2.45) is 0 Å². The Labute approximate surface area is 115 Å². The lowest BCUT2D eigenvalue weighted by Gasteiger charge is -2.18. The maximum absolute atomic E-state index is 11.0. The van der Waals surface area contributed by atoms with Gasteiger partial charge in [-0.1, -0.05) is 0 Å². The summed E-state index contributed by atoms with van der Waals surface area (Å²) in [6.07, 6.45) is -2.69. The first-order valence-corrected chi connectivity index (χ1v) is 6.02. The number of halogens is 1. The fourth-order valence-corrected chi connectivity index (χ4v) is 1.93. The van der Waals surface area contributed by atoms with Gasteiger partial charge in [0.05, 0.1) is 0 Å². The van der Waals surface area contributed by atoms with E-state index in [-0.39, 0.29) is 6.61 Å². The number of carbonyl (C=O) groups excluding carboxylic acids is 3. The van der Waals surface area contributed by atoms with Crippen LogP contribution in [0, 0.1) is 0 Å². The van der Waals surface area contributed by atoms with E-state index >= 15 is 0 Å². The molecule has 19 heavy (non-hydrogen) atoms. The van der Waals surface area contributed by atoms with Crippen molar-refractivity contribution in [2.75, 3.05) is 6.61 Å². The smallest absolute Gasteiger partial charge is 0.304 e. The zero-order chi connectivity index (χ0) is 14.6. The van der Waals surface area contributed by atoms with Crippen molar-refractivity contribution in [1.29, 1.82) is 0 Å². The molecule has 0 N–H and O–H groups in total. The molecule has 1 aliphatic heterocycles. The summed E-state index contributed by atoms with van der Waals surface area (Å²) in [6, 6.07) is 0. The number of hydrogen-bond donors (Lipinski definition) is 0. The molecule has 4 atom stereocenters. The third kappa shape index (κ3) is 4.68. The molecule has 0 amide bonds. The summed E-state index contributed by atoms with van der Waals surface area (Å²) < 4.78 is 20.0. The Balaban J connectivity index is 2.71. The Morgan fingerprint density at radius 2 is 1.63 bits per heavy atom. The topological polar surface area (TPSA) is 88.1 Å². The van der Waals surface area contributed by atoms with Crippen LogP contribution in [0.4, 0.5) is 0 Å². The highest BCUT2D eigenvalue weighted by Gasteiger charge is 2.48. The first-order chi connectivity index (χ1) is 8.81. The average molecular weight is 295 g/mol. The first-order valence-electron chi connectivity index (χ1n) is 5.58. The van der Waals surface area contributed by atoms with Crippen molar-refractivity contribution < 1.29 is 33.3 Å². The highest BCUT2D eigenvalue weighted by atomic mass is 35.5. The minimum atomic E-state index is -1.05. The molecule has 0 aromatic carbocycles. The zero-order valence-corrected chi connectivity index (χ0v) is 11.5. The molecule has 0 radical (unpaired) electrons. The van der Waals surface area contributed by atoms with Crippen molar-refractivity contribution in [3.63, 3.8) is 0 Å². The predicted octanol–water partition coefficient (Wildman–Crippen LogP) is 0.377. The Hall–Kier alpha value is -1.34. The molecule has 1 fully saturated rings. The molecule has 108 valence electrons. The third-order valence-corrected chi connectivity index (χ3v) is 2.74. The molecule has 8 heteroatoms. The molecule has 1 heterocycles. The number of rotatable bonds is 4. The first kappa shape index (κ1) is 15.7. The monoisotopic (exact) mass is 294 g/mol. The van der Waals surface area contributed by atoms with E-state index in [0.717, 1.165) is 0 Å². The number of hydrogen-bond acceptors (Lipinski definition) is 7. The second-order valence-corrected chi connectivity index (χ2v) is 4.48. The van der Waals surface area contributed by atoms with E-state index in [1.54, 1.807) is 0 Å². The molecule has 0 saturated carbocycles. The van der Waals surface area contributed by atoms with Gasteiger partial charge in [0.2, 0.25) is 6.29 Å². The van der Waals surface area contributed by atoms with Crippen molar-refractivity contribution in [2.45, 2.75) is 44.6 Å². The molecule has 0 spiro atoms. The van der Waals surface area contributed by atoms with E-state index in [1.807, 2.05) is 0 Å². The van der Waals surface area contributed by atoms with Gasteiger partial charge in [-0.15, -0.1) is 11.6 Å². The van der Waals surface area contributed by atoms with Gasteiger partial charge in [-0.3, -0.25) is 14.4 Å². The SMILES string of the molecule is CC(=O)OC[C@H]1O[C@H](OC(C)=O)[C@@H](Cl)[C@@H]1OC(C)=O. The van der Waals surface area contributed by atoms with E-state index in [0.29, 0.717) is 0 Å².